The summed E-state index contributed by atoms with van der Waals surface area (Å²) >= 11 is 0. The van der Waals surface area contributed by atoms with Gasteiger partial charge in [0.25, 0.3) is 0 Å². The lowest BCUT2D eigenvalue weighted by molar-refractivity contribution is -0.140. The summed E-state index contributed by atoms with van der Waals surface area (Å²) in [4.78, 5) is 53.4. The zero-order chi connectivity index (χ0) is 32.4. The predicted molar refractivity (Wildman–Crippen MR) is 169 cm³/mol. The molecule has 1 heterocycles. The number of carbonyl (C=O) groups is 4. The molecule has 2 aromatic rings. The fourth-order valence-corrected chi connectivity index (χ4v) is 4.95. The van der Waals surface area contributed by atoms with E-state index in [1.54, 1.807) is 0 Å². The van der Waals surface area contributed by atoms with E-state index in [9.17, 15) is 24.3 Å². The Kier molecular flexibility index (Phi) is 15.3. The van der Waals surface area contributed by atoms with E-state index in [0.29, 0.717) is 32.7 Å². The summed E-state index contributed by atoms with van der Waals surface area (Å²) in [6.07, 6.45) is -0.0175. The summed E-state index contributed by atoms with van der Waals surface area (Å²) in [6, 6.07) is 15.8. The van der Waals surface area contributed by atoms with Gasteiger partial charge in [-0.3, -0.25) is 24.6 Å². The van der Waals surface area contributed by atoms with Gasteiger partial charge in [0.1, 0.15) is 18.7 Å². The van der Waals surface area contributed by atoms with Gasteiger partial charge in [0.15, 0.2) is 0 Å². The molecule has 0 radical (unpaired) electrons. The van der Waals surface area contributed by atoms with E-state index in [4.69, 9.17) is 9.47 Å². The molecule has 12 heteroatoms. The topological polar surface area (TPSA) is 158 Å². The highest BCUT2D eigenvalue weighted by molar-refractivity contribution is 5.90. The number of amides is 3. The molecule has 5 N–H and O–H groups in total. The molecule has 1 aliphatic rings. The quantitative estimate of drug-likeness (QED) is 0.167. The van der Waals surface area contributed by atoms with Gasteiger partial charge < -0.3 is 30.5 Å². The number of benzene rings is 2. The molecule has 1 fully saturated rings. The Morgan fingerprint density at radius 3 is 2.11 bits per heavy atom. The number of carboxylic acids is 1. The molecule has 246 valence electrons. The van der Waals surface area contributed by atoms with Crippen molar-refractivity contribution in [3.05, 3.63) is 71.8 Å². The van der Waals surface area contributed by atoms with Crippen molar-refractivity contribution >= 4 is 23.9 Å². The average Bonchev–Trinajstić information content (AvgIpc) is 3.03. The molecule has 3 rings (SSSR count). The van der Waals surface area contributed by atoms with Crippen molar-refractivity contribution in [2.24, 2.45) is 5.92 Å². The molecule has 12 nitrogen and oxygen atoms in total. The van der Waals surface area contributed by atoms with Crippen LogP contribution in [0.25, 0.3) is 0 Å². The van der Waals surface area contributed by atoms with Crippen LogP contribution in [-0.2, 0) is 36.9 Å². The van der Waals surface area contributed by atoms with Crippen molar-refractivity contribution in [2.75, 3.05) is 45.9 Å². The molecule has 1 aliphatic heterocycles. The second-order valence-electron chi connectivity index (χ2n) is 11.5. The second kappa shape index (κ2) is 19.4. The fraction of sp³-hybridized carbons (Fsp3) is 0.515. The standard InChI is InChI=1S/C33H47N5O7/c1-24(2)21-28(36-27(32(41)42)13-14-35-33(43)45-23-26-11-7-4-8-12-26)31(40)37-29(22-25-9-5-3-6-10-25)30(39)34-15-16-38-17-19-44-20-18-38/h3-12,24,27-29,36H,13-23H2,1-2H3,(H,34,39)(H,35,43)(H,37,40)(H,41,42)/t27-,28+,29+/m1/s1. The minimum atomic E-state index is -1.15. The van der Waals surface area contributed by atoms with Gasteiger partial charge in [-0.15, -0.1) is 0 Å². The van der Waals surface area contributed by atoms with Gasteiger partial charge >= 0.3 is 12.1 Å². The Bertz CT molecular complexity index is 1190. The van der Waals surface area contributed by atoms with Crippen molar-refractivity contribution in [1.29, 1.82) is 0 Å². The van der Waals surface area contributed by atoms with Crippen LogP contribution in [0.2, 0.25) is 0 Å². The molecule has 3 atom stereocenters. The van der Waals surface area contributed by atoms with Crippen LogP contribution in [0.1, 0.15) is 37.8 Å². The molecule has 1 saturated heterocycles. The van der Waals surface area contributed by atoms with E-state index < -0.39 is 36.1 Å². The van der Waals surface area contributed by atoms with Crippen LogP contribution in [-0.4, -0.2) is 97.9 Å². The normalized spacial score (nSPS) is 15.4. The number of hydrogen-bond donors (Lipinski definition) is 5. The Morgan fingerprint density at radius 2 is 1.49 bits per heavy atom. The number of carbonyl (C=O) groups excluding carboxylic acids is 3. The van der Waals surface area contributed by atoms with Gasteiger partial charge in [0.05, 0.1) is 19.3 Å². The van der Waals surface area contributed by atoms with E-state index >= 15 is 0 Å². The number of nitrogens with one attached hydrogen (secondary N) is 4. The molecule has 45 heavy (non-hydrogen) atoms. The Hall–Kier alpha value is -4.00. The smallest absolute Gasteiger partial charge is 0.407 e. The van der Waals surface area contributed by atoms with Gasteiger partial charge in [0.2, 0.25) is 11.8 Å². The summed E-state index contributed by atoms with van der Waals surface area (Å²) < 4.78 is 10.6. The third kappa shape index (κ3) is 13.7. The lowest BCUT2D eigenvalue weighted by Crippen LogP contribution is -2.57. The van der Waals surface area contributed by atoms with Crippen LogP contribution in [0.5, 0.6) is 0 Å². The molecule has 0 spiro atoms. The van der Waals surface area contributed by atoms with Crippen LogP contribution in [0, 0.1) is 5.92 Å². The molecule has 3 amide bonds. The monoisotopic (exact) mass is 625 g/mol. The van der Waals surface area contributed by atoms with E-state index in [0.717, 1.165) is 24.2 Å². The molecule has 0 aromatic heterocycles. The second-order valence-corrected chi connectivity index (χ2v) is 11.5. The van der Waals surface area contributed by atoms with E-state index in [1.807, 2.05) is 74.5 Å². The van der Waals surface area contributed by atoms with Crippen LogP contribution >= 0.6 is 0 Å². The fourth-order valence-electron chi connectivity index (χ4n) is 4.95. The van der Waals surface area contributed by atoms with Crippen molar-refractivity contribution in [3.8, 4) is 0 Å². The number of rotatable bonds is 18. The van der Waals surface area contributed by atoms with Gasteiger partial charge in [0, 0.05) is 39.1 Å². The molecule has 2 aromatic carbocycles. The lowest BCUT2D eigenvalue weighted by atomic mass is 10.00. The zero-order valence-corrected chi connectivity index (χ0v) is 26.2. The largest absolute Gasteiger partial charge is 0.480 e. The Balaban J connectivity index is 1.59. The van der Waals surface area contributed by atoms with Crippen molar-refractivity contribution in [3.63, 3.8) is 0 Å². The van der Waals surface area contributed by atoms with Crippen LogP contribution in [0.4, 0.5) is 4.79 Å². The minimum absolute atomic E-state index is 0.0209. The summed E-state index contributed by atoms with van der Waals surface area (Å²) in [7, 11) is 0. The summed E-state index contributed by atoms with van der Waals surface area (Å²) in [5.41, 5.74) is 1.71. The van der Waals surface area contributed by atoms with Gasteiger partial charge in [-0.05, 0) is 29.9 Å². The highest BCUT2D eigenvalue weighted by Gasteiger charge is 2.30. The SMILES string of the molecule is CC(C)C[C@H](N[C@H](CCNC(=O)OCc1ccccc1)C(=O)O)C(=O)N[C@@H](Cc1ccccc1)C(=O)NCCN1CCOCC1. The Labute approximate surface area is 265 Å². The maximum atomic E-state index is 13.6. The van der Waals surface area contributed by atoms with E-state index in [-0.39, 0.29) is 37.8 Å². The zero-order valence-electron chi connectivity index (χ0n) is 26.2. The summed E-state index contributed by atoms with van der Waals surface area (Å²) in [5, 5.41) is 21.3. The third-order valence-corrected chi connectivity index (χ3v) is 7.39. The molecule has 0 aliphatic carbocycles. The number of ether oxygens (including phenoxy) is 2. The number of hydrogen-bond acceptors (Lipinski definition) is 8. The van der Waals surface area contributed by atoms with Crippen LogP contribution in [0.15, 0.2) is 60.7 Å². The minimum Gasteiger partial charge on any atom is -0.480 e. The highest BCUT2D eigenvalue weighted by atomic mass is 16.5. The summed E-state index contributed by atoms with van der Waals surface area (Å²) in [5.74, 6) is -1.87. The van der Waals surface area contributed by atoms with Gasteiger partial charge in [-0.2, -0.15) is 0 Å². The molecular weight excluding hydrogens is 578 g/mol. The number of nitrogens with zero attached hydrogens (tertiary/aromatic N) is 1. The highest BCUT2D eigenvalue weighted by Crippen LogP contribution is 2.10. The van der Waals surface area contributed by atoms with E-state index in [2.05, 4.69) is 26.2 Å². The number of aliphatic carboxylic acids is 1. The first-order valence-corrected chi connectivity index (χ1v) is 15.6. The first-order valence-electron chi connectivity index (χ1n) is 15.6. The van der Waals surface area contributed by atoms with Gasteiger partial charge in [-0.25, -0.2) is 4.79 Å². The average molecular weight is 626 g/mol. The maximum Gasteiger partial charge on any atom is 0.407 e. The number of morpholine rings is 1. The molecular formula is C33H47N5O7. The lowest BCUT2D eigenvalue weighted by Gasteiger charge is -2.28. The maximum absolute atomic E-state index is 13.6. The third-order valence-electron chi connectivity index (χ3n) is 7.39. The van der Waals surface area contributed by atoms with Crippen molar-refractivity contribution in [2.45, 2.75) is 57.8 Å². The molecule has 0 bridgehead atoms. The predicted octanol–water partition coefficient (Wildman–Crippen LogP) is 1.94. The van der Waals surface area contributed by atoms with Crippen molar-refractivity contribution in [1.82, 2.24) is 26.2 Å². The van der Waals surface area contributed by atoms with Crippen molar-refractivity contribution < 1.29 is 33.8 Å². The number of carboxylic acid groups (broad SMARTS) is 1. The first-order chi connectivity index (χ1) is 21.7. The van der Waals surface area contributed by atoms with Gasteiger partial charge in [-0.1, -0.05) is 74.5 Å². The number of alkyl carbamates (subject to hydrolysis) is 1. The van der Waals surface area contributed by atoms with Crippen LogP contribution in [0.3, 0.4) is 0 Å². The molecule has 0 saturated carbocycles. The summed E-state index contributed by atoms with van der Waals surface area (Å²) in [6.45, 7) is 8.01. The Morgan fingerprint density at radius 1 is 0.844 bits per heavy atom. The van der Waals surface area contributed by atoms with E-state index in [1.165, 1.54) is 0 Å². The van der Waals surface area contributed by atoms with Crippen LogP contribution < -0.4 is 21.3 Å². The first kappa shape index (κ1) is 35.5. The molecule has 0 unspecified atom stereocenters.